The van der Waals surface area contributed by atoms with Gasteiger partial charge in [-0.1, -0.05) is 34.1 Å². The van der Waals surface area contributed by atoms with E-state index in [2.05, 4.69) is 40.1 Å². The number of rotatable bonds is 4. The number of halogens is 1. The van der Waals surface area contributed by atoms with Crippen molar-refractivity contribution in [1.29, 1.82) is 0 Å². The van der Waals surface area contributed by atoms with Crippen molar-refractivity contribution in [1.82, 2.24) is 5.43 Å². The van der Waals surface area contributed by atoms with E-state index in [1.807, 2.05) is 12.1 Å². The van der Waals surface area contributed by atoms with Crippen LogP contribution in [0.1, 0.15) is 5.56 Å². The minimum Gasteiger partial charge on any atom is -0.271 e. The second kappa shape index (κ2) is 5.17. The molecule has 0 spiro atoms. The maximum Gasteiger partial charge on any atom is 0.0428 e. The summed E-state index contributed by atoms with van der Waals surface area (Å²) in [6.07, 6.45) is 2.67. The molecule has 3 N–H and O–H groups in total. The van der Waals surface area contributed by atoms with E-state index in [1.54, 1.807) is 6.08 Å². The van der Waals surface area contributed by atoms with Crippen molar-refractivity contribution >= 4 is 15.9 Å². The lowest BCUT2D eigenvalue weighted by Crippen LogP contribution is -2.34. The Morgan fingerprint density at radius 2 is 2.38 bits per heavy atom. The van der Waals surface area contributed by atoms with Crippen LogP contribution in [0, 0.1) is 0 Å². The fraction of sp³-hybridized carbons (Fsp3) is 0.200. The van der Waals surface area contributed by atoms with Crippen LogP contribution in [-0.2, 0) is 6.42 Å². The first kappa shape index (κ1) is 10.4. The van der Waals surface area contributed by atoms with Crippen LogP contribution in [0.2, 0.25) is 0 Å². The SMILES string of the molecule is C=CC(Cc1cccc(Br)c1)NN. The van der Waals surface area contributed by atoms with E-state index in [4.69, 9.17) is 5.84 Å². The number of nitrogens with one attached hydrogen (secondary N) is 1. The van der Waals surface area contributed by atoms with Gasteiger partial charge >= 0.3 is 0 Å². The highest BCUT2D eigenvalue weighted by Crippen LogP contribution is 2.13. The molecule has 1 atom stereocenters. The molecule has 0 radical (unpaired) electrons. The van der Waals surface area contributed by atoms with Crippen LogP contribution in [-0.4, -0.2) is 6.04 Å². The molecule has 0 fully saturated rings. The van der Waals surface area contributed by atoms with E-state index in [0.29, 0.717) is 0 Å². The van der Waals surface area contributed by atoms with Crippen molar-refractivity contribution < 1.29 is 0 Å². The highest BCUT2D eigenvalue weighted by atomic mass is 79.9. The third-order valence-corrected chi connectivity index (χ3v) is 2.34. The van der Waals surface area contributed by atoms with Gasteiger partial charge in [0.25, 0.3) is 0 Å². The summed E-state index contributed by atoms with van der Waals surface area (Å²) < 4.78 is 1.09. The molecule has 1 aromatic carbocycles. The van der Waals surface area contributed by atoms with E-state index in [-0.39, 0.29) is 6.04 Å². The number of hydrazine groups is 1. The van der Waals surface area contributed by atoms with Crippen molar-refractivity contribution in [2.24, 2.45) is 5.84 Å². The first-order valence-corrected chi connectivity index (χ1v) is 4.88. The van der Waals surface area contributed by atoms with Gasteiger partial charge in [-0.3, -0.25) is 11.3 Å². The minimum absolute atomic E-state index is 0.134. The molecule has 0 aliphatic rings. The monoisotopic (exact) mass is 240 g/mol. The summed E-state index contributed by atoms with van der Waals surface area (Å²) in [7, 11) is 0. The van der Waals surface area contributed by atoms with Gasteiger partial charge in [-0.15, -0.1) is 6.58 Å². The van der Waals surface area contributed by atoms with E-state index < -0.39 is 0 Å². The molecule has 0 heterocycles. The summed E-state index contributed by atoms with van der Waals surface area (Å²) in [5.74, 6) is 5.34. The number of hydrogen-bond acceptors (Lipinski definition) is 2. The highest BCUT2D eigenvalue weighted by Gasteiger charge is 2.02. The van der Waals surface area contributed by atoms with Gasteiger partial charge in [0.2, 0.25) is 0 Å². The normalized spacial score (nSPS) is 12.5. The van der Waals surface area contributed by atoms with Gasteiger partial charge in [-0.25, -0.2) is 0 Å². The van der Waals surface area contributed by atoms with Gasteiger partial charge in [-0.05, 0) is 24.1 Å². The summed E-state index contributed by atoms with van der Waals surface area (Å²) in [5, 5.41) is 0. The summed E-state index contributed by atoms with van der Waals surface area (Å²) >= 11 is 3.42. The second-order valence-electron chi connectivity index (χ2n) is 2.84. The van der Waals surface area contributed by atoms with Gasteiger partial charge in [0.1, 0.15) is 0 Å². The largest absolute Gasteiger partial charge is 0.271 e. The predicted molar refractivity (Wildman–Crippen MR) is 59.2 cm³/mol. The fourth-order valence-corrected chi connectivity index (χ4v) is 1.57. The molecule has 70 valence electrons. The van der Waals surface area contributed by atoms with E-state index in [1.165, 1.54) is 5.56 Å². The Kier molecular flexibility index (Phi) is 4.15. The molecule has 0 saturated carbocycles. The van der Waals surface area contributed by atoms with Gasteiger partial charge in [-0.2, -0.15) is 0 Å². The molecule has 1 aromatic rings. The molecule has 2 nitrogen and oxygen atoms in total. The van der Waals surface area contributed by atoms with Crippen LogP contribution in [0.5, 0.6) is 0 Å². The average Bonchev–Trinajstić information content (AvgIpc) is 2.14. The van der Waals surface area contributed by atoms with E-state index in [9.17, 15) is 0 Å². The Balaban J connectivity index is 2.67. The van der Waals surface area contributed by atoms with E-state index >= 15 is 0 Å². The molecule has 0 aliphatic carbocycles. The lowest BCUT2D eigenvalue weighted by atomic mass is 10.1. The molecule has 0 aliphatic heterocycles. The molecule has 13 heavy (non-hydrogen) atoms. The summed E-state index contributed by atoms with van der Waals surface area (Å²) in [5.41, 5.74) is 3.92. The molecule has 1 rings (SSSR count). The van der Waals surface area contributed by atoms with Crippen LogP contribution in [0.3, 0.4) is 0 Å². The quantitative estimate of drug-likeness (QED) is 0.480. The van der Waals surface area contributed by atoms with Crippen molar-refractivity contribution in [3.63, 3.8) is 0 Å². The first-order chi connectivity index (χ1) is 6.26. The Labute approximate surface area is 86.9 Å². The summed E-state index contributed by atoms with van der Waals surface area (Å²) in [4.78, 5) is 0. The number of benzene rings is 1. The molecule has 0 saturated heterocycles. The zero-order valence-corrected chi connectivity index (χ0v) is 8.92. The van der Waals surface area contributed by atoms with Crippen LogP contribution in [0.4, 0.5) is 0 Å². The second-order valence-corrected chi connectivity index (χ2v) is 3.76. The average molecular weight is 241 g/mol. The van der Waals surface area contributed by atoms with Gasteiger partial charge in [0, 0.05) is 10.5 Å². The number of hydrogen-bond donors (Lipinski definition) is 2. The van der Waals surface area contributed by atoms with Crippen molar-refractivity contribution in [3.05, 3.63) is 47.0 Å². The molecular formula is C10H13BrN2. The highest BCUT2D eigenvalue weighted by molar-refractivity contribution is 9.10. The standard InChI is InChI=1S/C10H13BrN2/c1-2-10(13-12)7-8-4-3-5-9(11)6-8/h2-6,10,13H,1,7,12H2. The third-order valence-electron chi connectivity index (χ3n) is 1.84. The zero-order chi connectivity index (χ0) is 9.68. The van der Waals surface area contributed by atoms with Gasteiger partial charge in [0.15, 0.2) is 0 Å². The van der Waals surface area contributed by atoms with Crippen LogP contribution < -0.4 is 11.3 Å². The Morgan fingerprint density at radius 3 is 2.92 bits per heavy atom. The Bertz CT molecular complexity index is 286. The van der Waals surface area contributed by atoms with Gasteiger partial charge < -0.3 is 0 Å². The number of nitrogens with two attached hydrogens (primary N) is 1. The lowest BCUT2D eigenvalue weighted by molar-refractivity contribution is 0.618. The van der Waals surface area contributed by atoms with Crippen LogP contribution in [0.15, 0.2) is 41.4 Å². The molecule has 3 heteroatoms. The topological polar surface area (TPSA) is 38.0 Å². The Morgan fingerprint density at radius 1 is 1.62 bits per heavy atom. The van der Waals surface area contributed by atoms with Crippen molar-refractivity contribution in [2.75, 3.05) is 0 Å². The first-order valence-electron chi connectivity index (χ1n) is 4.09. The fourth-order valence-electron chi connectivity index (χ4n) is 1.13. The molecule has 1 unspecified atom stereocenters. The molecule has 0 bridgehead atoms. The molecule has 0 amide bonds. The van der Waals surface area contributed by atoms with Gasteiger partial charge in [0.05, 0.1) is 0 Å². The predicted octanol–water partition coefficient (Wildman–Crippen LogP) is 2.01. The maximum absolute atomic E-state index is 5.34. The van der Waals surface area contributed by atoms with Crippen LogP contribution >= 0.6 is 15.9 Å². The Hall–Kier alpha value is -0.640. The van der Waals surface area contributed by atoms with Crippen molar-refractivity contribution in [2.45, 2.75) is 12.5 Å². The van der Waals surface area contributed by atoms with Crippen molar-refractivity contribution in [3.8, 4) is 0 Å². The smallest absolute Gasteiger partial charge is 0.0428 e. The van der Waals surface area contributed by atoms with E-state index in [0.717, 1.165) is 10.9 Å². The lowest BCUT2D eigenvalue weighted by Gasteiger charge is -2.10. The summed E-state index contributed by atoms with van der Waals surface area (Å²) in [6, 6.07) is 8.29. The summed E-state index contributed by atoms with van der Waals surface area (Å²) in [6.45, 7) is 3.70. The molecule has 0 aromatic heterocycles. The molecular weight excluding hydrogens is 228 g/mol. The van der Waals surface area contributed by atoms with Crippen LogP contribution in [0.25, 0.3) is 0 Å². The minimum atomic E-state index is 0.134. The maximum atomic E-state index is 5.34. The third kappa shape index (κ3) is 3.30. The zero-order valence-electron chi connectivity index (χ0n) is 7.33.